The molecule has 0 saturated carbocycles. The van der Waals surface area contributed by atoms with Crippen molar-refractivity contribution in [1.29, 1.82) is 0 Å². The van der Waals surface area contributed by atoms with E-state index in [-0.39, 0.29) is 24.0 Å². The Morgan fingerprint density at radius 2 is 1.63 bits per heavy atom. The molecule has 0 spiro atoms. The number of nitrogens with zero attached hydrogens (tertiary/aromatic N) is 2. The lowest BCUT2D eigenvalue weighted by atomic mass is 10.0. The number of hydrogen-bond acceptors (Lipinski definition) is 6. The summed E-state index contributed by atoms with van der Waals surface area (Å²) in [6, 6.07) is 12.3. The molecule has 3 rings (SSSR count). The molecule has 0 aliphatic rings. The molecule has 0 aliphatic heterocycles. The molecule has 0 saturated heterocycles. The monoisotopic (exact) mass is 525 g/mol. The number of carbonyl (C=O) groups is 2. The van der Waals surface area contributed by atoms with Crippen LogP contribution in [0, 0.1) is 11.7 Å². The lowest BCUT2D eigenvalue weighted by molar-refractivity contribution is -0.155. The van der Waals surface area contributed by atoms with Crippen molar-refractivity contribution in [3.05, 3.63) is 60.0 Å². The van der Waals surface area contributed by atoms with Crippen LogP contribution >= 0.6 is 0 Å². The Balaban J connectivity index is 2.03. The van der Waals surface area contributed by atoms with Gasteiger partial charge >= 0.3 is 5.97 Å². The number of esters is 1. The minimum Gasteiger partial charge on any atom is -0.496 e. The predicted molar refractivity (Wildman–Crippen MR) is 143 cm³/mol. The quantitative estimate of drug-likeness (QED) is 0.348. The van der Waals surface area contributed by atoms with Gasteiger partial charge in [-0.1, -0.05) is 19.9 Å². The summed E-state index contributed by atoms with van der Waals surface area (Å²) in [4.78, 5) is 25.9. The second-order valence-corrected chi connectivity index (χ2v) is 10.4. The fourth-order valence-corrected chi connectivity index (χ4v) is 4.16. The SMILES string of the molecule is COc1cccc(OC)c1-c1cc(C(=O)N[C@H](CC(=O)OC(C)(C)C)CC(C)C)nn1-c1ccc(F)cc1. The van der Waals surface area contributed by atoms with E-state index in [4.69, 9.17) is 14.2 Å². The van der Waals surface area contributed by atoms with Gasteiger partial charge in [-0.2, -0.15) is 5.10 Å². The molecule has 0 bridgehead atoms. The Hall–Kier alpha value is -3.88. The zero-order valence-electron chi connectivity index (χ0n) is 23.0. The third-order valence-corrected chi connectivity index (χ3v) is 5.62. The third-order valence-electron chi connectivity index (χ3n) is 5.62. The van der Waals surface area contributed by atoms with Crippen LogP contribution in [-0.2, 0) is 9.53 Å². The average Bonchev–Trinajstić information content (AvgIpc) is 3.27. The standard InChI is InChI=1S/C29H36FN3O5/c1-18(2)15-20(16-26(34)38-29(3,4)5)31-28(35)22-17-23(27-24(36-6)9-8-10-25(27)37-7)33(32-22)21-13-11-19(30)12-14-21/h8-14,17-18,20H,15-16H2,1-7H3,(H,31,35)/t20-/m0/s1. The number of methoxy groups -OCH3 is 2. The molecule has 1 heterocycles. The van der Waals surface area contributed by atoms with E-state index in [0.717, 1.165) is 0 Å². The van der Waals surface area contributed by atoms with Gasteiger partial charge < -0.3 is 19.5 Å². The molecule has 1 aromatic heterocycles. The first kappa shape index (κ1) is 28.7. The molecule has 8 nitrogen and oxygen atoms in total. The summed E-state index contributed by atoms with van der Waals surface area (Å²) in [6.45, 7) is 9.44. The van der Waals surface area contributed by atoms with E-state index in [1.165, 1.54) is 26.4 Å². The van der Waals surface area contributed by atoms with E-state index in [9.17, 15) is 14.0 Å². The summed E-state index contributed by atoms with van der Waals surface area (Å²) in [5.41, 5.74) is 1.14. The highest BCUT2D eigenvalue weighted by Gasteiger charge is 2.26. The van der Waals surface area contributed by atoms with E-state index in [1.807, 2.05) is 13.8 Å². The highest BCUT2D eigenvalue weighted by molar-refractivity contribution is 5.94. The molecule has 0 radical (unpaired) electrons. The van der Waals surface area contributed by atoms with Gasteiger partial charge in [-0.25, -0.2) is 9.07 Å². The van der Waals surface area contributed by atoms with E-state index >= 15 is 0 Å². The fourth-order valence-electron chi connectivity index (χ4n) is 4.16. The fraction of sp³-hybridized carbons (Fsp3) is 0.414. The lowest BCUT2D eigenvalue weighted by Crippen LogP contribution is -2.39. The molecule has 1 atom stereocenters. The van der Waals surface area contributed by atoms with Crippen LogP contribution in [0.3, 0.4) is 0 Å². The summed E-state index contributed by atoms with van der Waals surface area (Å²) in [7, 11) is 3.08. The Morgan fingerprint density at radius 3 is 2.16 bits per heavy atom. The molecule has 0 fully saturated rings. The van der Waals surface area contributed by atoms with Crippen LogP contribution in [-0.4, -0.2) is 47.5 Å². The van der Waals surface area contributed by atoms with Crippen molar-refractivity contribution in [2.75, 3.05) is 14.2 Å². The van der Waals surface area contributed by atoms with E-state index in [2.05, 4.69) is 10.4 Å². The highest BCUT2D eigenvalue weighted by atomic mass is 19.1. The van der Waals surface area contributed by atoms with Crippen LogP contribution in [0.4, 0.5) is 4.39 Å². The number of hydrogen-bond donors (Lipinski definition) is 1. The smallest absolute Gasteiger partial charge is 0.308 e. The van der Waals surface area contributed by atoms with Crippen molar-refractivity contribution in [2.45, 2.75) is 59.1 Å². The minimum atomic E-state index is -0.625. The van der Waals surface area contributed by atoms with Gasteiger partial charge in [0.1, 0.15) is 22.9 Å². The molecule has 1 N–H and O–H groups in total. The molecule has 2 aromatic carbocycles. The van der Waals surface area contributed by atoms with Gasteiger partial charge in [0.05, 0.1) is 37.6 Å². The largest absolute Gasteiger partial charge is 0.496 e. The molecule has 1 amide bonds. The van der Waals surface area contributed by atoms with Crippen molar-refractivity contribution in [3.63, 3.8) is 0 Å². The van der Waals surface area contributed by atoms with Gasteiger partial charge in [0, 0.05) is 6.04 Å². The predicted octanol–water partition coefficient (Wildman–Crippen LogP) is 5.57. The molecule has 3 aromatic rings. The Morgan fingerprint density at radius 1 is 1.03 bits per heavy atom. The van der Waals surface area contributed by atoms with E-state index in [0.29, 0.717) is 34.9 Å². The molecule has 9 heteroatoms. The summed E-state index contributed by atoms with van der Waals surface area (Å²) in [5, 5.41) is 7.52. The summed E-state index contributed by atoms with van der Waals surface area (Å²) in [6.07, 6.45) is 0.615. The highest BCUT2D eigenvalue weighted by Crippen LogP contribution is 2.39. The molecule has 0 aliphatic carbocycles. The Kier molecular flexibility index (Phi) is 9.14. The van der Waals surface area contributed by atoms with Gasteiger partial charge in [0.25, 0.3) is 5.91 Å². The van der Waals surface area contributed by atoms with Gasteiger partial charge in [0.15, 0.2) is 5.69 Å². The zero-order chi connectivity index (χ0) is 28.0. The maximum Gasteiger partial charge on any atom is 0.308 e. The van der Waals surface area contributed by atoms with Gasteiger partial charge in [-0.05, 0) is 75.6 Å². The first-order valence-electron chi connectivity index (χ1n) is 12.5. The van der Waals surface area contributed by atoms with Crippen molar-refractivity contribution in [3.8, 4) is 28.4 Å². The van der Waals surface area contributed by atoms with Crippen LogP contribution < -0.4 is 14.8 Å². The van der Waals surface area contributed by atoms with Crippen LogP contribution in [0.25, 0.3) is 16.9 Å². The number of ether oxygens (including phenoxy) is 3. The second kappa shape index (κ2) is 12.1. The molecule has 204 valence electrons. The van der Waals surface area contributed by atoms with Gasteiger partial charge in [-0.15, -0.1) is 0 Å². The van der Waals surface area contributed by atoms with Crippen molar-refractivity contribution in [1.82, 2.24) is 15.1 Å². The minimum absolute atomic E-state index is 0.0348. The number of benzene rings is 2. The summed E-state index contributed by atoms with van der Waals surface area (Å²) >= 11 is 0. The molecular formula is C29H36FN3O5. The maximum atomic E-state index is 13.7. The number of nitrogens with one attached hydrogen (secondary N) is 1. The van der Waals surface area contributed by atoms with Gasteiger partial charge in [0.2, 0.25) is 0 Å². The molecule has 38 heavy (non-hydrogen) atoms. The number of rotatable bonds is 10. The second-order valence-electron chi connectivity index (χ2n) is 10.4. The van der Waals surface area contributed by atoms with E-state index < -0.39 is 23.4 Å². The van der Waals surface area contributed by atoms with Gasteiger partial charge in [-0.3, -0.25) is 9.59 Å². The van der Waals surface area contributed by atoms with Crippen molar-refractivity contribution < 1.29 is 28.2 Å². The normalized spacial score (nSPS) is 12.2. The average molecular weight is 526 g/mol. The number of amides is 1. The summed E-state index contributed by atoms with van der Waals surface area (Å²) < 4.78 is 31.9. The van der Waals surface area contributed by atoms with Crippen LogP contribution in [0.5, 0.6) is 11.5 Å². The first-order valence-corrected chi connectivity index (χ1v) is 12.5. The number of aromatic nitrogens is 2. The molecule has 0 unspecified atom stereocenters. The van der Waals surface area contributed by atoms with Crippen molar-refractivity contribution >= 4 is 11.9 Å². The number of carbonyl (C=O) groups excluding carboxylic acids is 2. The topological polar surface area (TPSA) is 91.7 Å². The summed E-state index contributed by atoms with van der Waals surface area (Å²) in [5.74, 6) is 0.0289. The van der Waals surface area contributed by atoms with Crippen LogP contribution in [0.2, 0.25) is 0 Å². The van der Waals surface area contributed by atoms with Crippen molar-refractivity contribution in [2.24, 2.45) is 5.92 Å². The van der Waals surface area contributed by atoms with Crippen LogP contribution in [0.15, 0.2) is 48.5 Å². The van der Waals surface area contributed by atoms with Crippen LogP contribution in [0.1, 0.15) is 57.9 Å². The Bertz CT molecular complexity index is 1240. The third kappa shape index (κ3) is 7.34. The van der Waals surface area contributed by atoms with E-state index in [1.54, 1.807) is 61.9 Å². The zero-order valence-corrected chi connectivity index (χ0v) is 23.0. The first-order chi connectivity index (χ1) is 17.9. The number of halogens is 1. The maximum absolute atomic E-state index is 13.7. The Labute approximate surface area is 223 Å². The lowest BCUT2D eigenvalue weighted by Gasteiger charge is -2.23. The molecular weight excluding hydrogens is 489 g/mol.